The molecule has 0 atom stereocenters. The summed E-state index contributed by atoms with van der Waals surface area (Å²) in [7, 11) is -2.61. The molecule has 7 aromatic carbocycles. The topological polar surface area (TPSA) is 18.5 Å². The van der Waals surface area contributed by atoms with Gasteiger partial charge in [-0.25, -0.2) is 0 Å². The predicted molar refractivity (Wildman–Crippen MR) is 200 cm³/mol. The Morgan fingerprint density at radius 1 is 0.396 bits per heavy atom. The lowest BCUT2D eigenvalue weighted by atomic mass is 9.82. The average molecular weight is 635 g/mol. The summed E-state index contributed by atoms with van der Waals surface area (Å²) >= 11 is 0. The van der Waals surface area contributed by atoms with Crippen LogP contribution in [-0.2, 0) is 5.41 Å². The molecule has 0 saturated carbocycles. The highest BCUT2D eigenvalue weighted by Gasteiger charge is 2.41. The predicted octanol–water partition coefficient (Wildman–Crippen LogP) is 8.94. The molecule has 1 heterocycles. The zero-order chi connectivity index (χ0) is 32.3. The monoisotopic (exact) mass is 634 g/mol. The molecule has 0 aromatic heterocycles. The first-order valence-corrected chi connectivity index (χ1v) is 18.6. The molecule has 1 aliphatic carbocycles. The fraction of sp³-hybridized carbons (Fsp3) is 0.0667. The van der Waals surface area contributed by atoms with E-state index < -0.39 is 8.07 Å². The Hall–Kier alpha value is -5.64. The number of hydrogen-bond donors (Lipinski definition) is 0. The lowest BCUT2D eigenvalue weighted by Crippen LogP contribution is -2.74. The molecular formula is C45H34O2Si. The van der Waals surface area contributed by atoms with E-state index in [-0.39, 0.29) is 5.41 Å². The lowest BCUT2D eigenvalue weighted by Gasteiger charge is -2.34. The van der Waals surface area contributed by atoms with Crippen LogP contribution >= 0.6 is 0 Å². The molecule has 0 fully saturated rings. The zero-order valence-corrected chi connectivity index (χ0v) is 28.0. The molecule has 0 amide bonds. The molecule has 0 N–H and O–H groups in total. The minimum atomic E-state index is -2.61. The van der Waals surface area contributed by atoms with Gasteiger partial charge >= 0.3 is 0 Å². The minimum absolute atomic E-state index is 0.105. The summed E-state index contributed by atoms with van der Waals surface area (Å²) in [5.74, 6) is 3.00. The van der Waals surface area contributed by atoms with Crippen molar-refractivity contribution in [3.8, 4) is 45.3 Å². The maximum absolute atomic E-state index is 6.76. The van der Waals surface area contributed by atoms with E-state index in [2.05, 4.69) is 178 Å². The van der Waals surface area contributed by atoms with Gasteiger partial charge < -0.3 is 9.47 Å². The summed E-state index contributed by atoms with van der Waals surface area (Å²) in [6, 6.07) is 61.5. The van der Waals surface area contributed by atoms with E-state index in [0.29, 0.717) is 0 Å². The first kappa shape index (κ1) is 28.6. The van der Waals surface area contributed by atoms with E-state index in [1.807, 2.05) is 6.07 Å². The summed E-state index contributed by atoms with van der Waals surface area (Å²) in [5, 5.41) is 5.41. The fourth-order valence-corrected chi connectivity index (χ4v) is 12.7. The number of benzene rings is 7. The minimum Gasteiger partial charge on any atom is -0.449 e. The second-order valence-corrected chi connectivity index (χ2v) is 17.1. The molecule has 1 aliphatic heterocycles. The van der Waals surface area contributed by atoms with Crippen LogP contribution in [0, 0.1) is 0 Å². The van der Waals surface area contributed by atoms with Crippen LogP contribution in [0.2, 0.25) is 0 Å². The van der Waals surface area contributed by atoms with E-state index in [1.165, 1.54) is 43.0 Å². The SMILES string of the molecule is CC1(C)c2ccccc2-c2cc3c(cc21)Oc1cccc(-c2ccc([Si](c4ccccc4)(c4ccccc4)c4ccccc4)cc2)c1O3. The van der Waals surface area contributed by atoms with E-state index >= 15 is 0 Å². The van der Waals surface area contributed by atoms with E-state index in [4.69, 9.17) is 9.47 Å². The third kappa shape index (κ3) is 4.24. The quantitative estimate of drug-likeness (QED) is 0.139. The van der Waals surface area contributed by atoms with Crippen molar-refractivity contribution in [3.63, 3.8) is 0 Å². The number of hydrogen-bond acceptors (Lipinski definition) is 2. The molecule has 0 bridgehead atoms. The standard InChI is InChI=1S/C45H34O2Si/c1-45(2)39-23-13-12-21-37(39)38-29-42-43(30-40(38)45)46-41-24-14-22-36(44(41)47-42)31-25-27-35(28-26-31)48(32-15-6-3-7-16-32,33-17-8-4-9-18-33)34-19-10-5-11-20-34/h3-30H,1-2H3. The molecule has 7 aromatic rings. The van der Waals surface area contributed by atoms with Gasteiger partial charge in [-0.3, -0.25) is 0 Å². The second-order valence-electron chi connectivity index (χ2n) is 13.3. The Bertz CT molecular complexity index is 2200. The maximum Gasteiger partial charge on any atom is 0.179 e. The first-order chi connectivity index (χ1) is 23.5. The van der Waals surface area contributed by atoms with Crippen molar-refractivity contribution in [1.29, 1.82) is 0 Å². The summed E-state index contributed by atoms with van der Waals surface area (Å²) in [6.07, 6.45) is 0. The van der Waals surface area contributed by atoms with Crippen molar-refractivity contribution in [2.75, 3.05) is 0 Å². The van der Waals surface area contributed by atoms with Crippen LogP contribution in [0.25, 0.3) is 22.3 Å². The van der Waals surface area contributed by atoms with Crippen LogP contribution in [-0.4, -0.2) is 8.07 Å². The summed E-state index contributed by atoms with van der Waals surface area (Å²) in [4.78, 5) is 0. The van der Waals surface area contributed by atoms with Gasteiger partial charge in [-0.1, -0.05) is 166 Å². The maximum atomic E-state index is 6.76. The van der Waals surface area contributed by atoms with Crippen LogP contribution in [0.3, 0.4) is 0 Å². The molecule has 0 spiro atoms. The van der Waals surface area contributed by atoms with E-state index in [9.17, 15) is 0 Å². The Balaban J connectivity index is 1.15. The molecular weight excluding hydrogens is 601 g/mol. The van der Waals surface area contributed by atoms with Crippen molar-refractivity contribution in [1.82, 2.24) is 0 Å². The van der Waals surface area contributed by atoms with Crippen molar-refractivity contribution < 1.29 is 9.47 Å². The second kappa shape index (κ2) is 11.0. The Morgan fingerprint density at radius 3 is 1.54 bits per heavy atom. The van der Waals surface area contributed by atoms with Crippen molar-refractivity contribution in [3.05, 3.63) is 181 Å². The number of para-hydroxylation sites is 1. The summed E-state index contributed by atoms with van der Waals surface area (Å²) in [5.41, 5.74) is 7.08. The highest BCUT2D eigenvalue weighted by molar-refractivity contribution is 7.19. The van der Waals surface area contributed by atoms with Crippen LogP contribution in [0.1, 0.15) is 25.0 Å². The Labute approximate surface area is 282 Å². The van der Waals surface area contributed by atoms with Crippen molar-refractivity contribution >= 4 is 28.8 Å². The van der Waals surface area contributed by atoms with Crippen LogP contribution in [0.15, 0.2) is 170 Å². The number of rotatable bonds is 5. The Morgan fingerprint density at radius 2 is 0.917 bits per heavy atom. The zero-order valence-electron chi connectivity index (χ0n) is 27.0. The van der Waals surface area contributed by atoms with Crippen LogP contribution < -0.4 is 30.2 Å². The molecule has 2 nitrogen and oxygen atoms in total. The molecule has 0 radical (unpaired) electrons. The van der Waals surface area contributed by atoms with E-state index in [1.54, 1.807) is 0 Å². The molecule has 9 rings (SSSR count). The molecule has 3 heteroatoms. The summed E-state index contributed by atoms with van der Waals surface area (Å²) < 4.78 is 13.4. The average Bonchev–Trinajstić information content (AvgIpc) is 3.37. The van der Waals surface area contributed by atoms with Gasteiger partial charge in [-0.15, -0.1) is 0 Å². The normalized spacial score (nSPS) is 13.7. The third-order valence-electron chi connectivity index (χ3n) is 10.3. The van der Waals surface area contributed by atoms with Gasteiger partial charge in [0.2, 0.25) is 0 Å². The molecule has 0 unspecified atom stereocenters. The smallest absolute Gasteiger partial charge is 0.179 e. The van der Waals surface area contributed by atoms with Gasteiger partial charge in [0.05, 0.1) is 0 Å². The van der Waals surface area contributed by atoms with Crippen LogP contribution in [0.4, 0.5) is 0 Å². The first-order valence-electron chi connectivity index (χ1n) is 16.6. The molecule has 48 heavy (non-hydrogen) atoms. The highest BCUT2D eigenvalue weighted by atomic mass is 28.3. The van der Waals surface area contributed by atoms with Crippen molar-refractivity contribution in [2.24, 2.45) is 0 Å². The lowest BCUT2D eigenvalue weighted by molar-refractivity contribution is 0.360. The number of fused-ring (bicyclic) bond motifs is 5. The summed E-state index contributed by atoms with van der Waals surface area (Å²) in [6.45, 7) is 4.57. The largest absolute Gasteiger partial charge is 0.449 e. The van der Waals surface area contributed by atoms with Gasteiger partial charge in [0, 0.05) is 11.0 Å². The van der Waals surface area contributed by atoms with Gasteiger partial charge in [0.1, 0.15) is 0 Å². The highest BCUT2D eigenvalue weighted by Crippen LogP contribution is 2.56. The van der Waals surface area contributed by atoms with Gasteiger partial charge in [0.15, 0.2) is 31.1 Å². The van der Waals surface area contributed by atoms with E-state index in [0.717, 1.165) is 34.1 Å². The number of ether oxygens (including phenoxy) is 2. The third-order valence-corrected chi connectivity index (χ3v) is 15.1. The Kier molecular flexibility index (Phi) is 6.53. The van der Waals surface area contributed by atoms with Crippen LogP contribution in [0.5, 0.6) is 23.0 Å². The van der Waals surface area contributed by atoms with Gasteiger partial charge in [0.25, 0.3) is 0 Å². The van der Waals surface area contributed by atoms with Crippen molar-refractivity contribution in [2.45, 2.75) is 19.3 Å². The van der Waals surface area contributed by atoms with Gasteiger partial charge in [-0.2, -0.15) is 0 Å². The molecule has 230 valence electrons. The van der Waals surface area contributed by atoms with Gasteiger partial charge in [-0.05, 0) is 66.8 Å². The molecule has 2 aliphatic rings. The molecule has 0 saturated heterocycles. The fourth-order valence-electron chi connectivity index (χ4n) is 7.99.